The maximum atomic E-state index is 12.8. The fourth-order valence-electron chi connectivity index (χ4n) is 2.34. The molecule has 1 unspecified atom stereocenters. The van der Waals surface area contributed by atoms with Crippen LogP contribution in [0.5, 0.6) is 11.5 Å². The minimum Gasteiger partial charge on any atom is -0.497 e. The zero-order chi connectivity index (χ0) is 20.0. The minimum atomic E-state index is -3.95. The van der Waals surface area contributed by atoms with Gasteiger partial charge in [-0.05, 0) is 49.4 Å². The number of ether oxygens (including phenoxy) is 2. The predicted molar refractivity (Wildman–Crippen MR) is 104 cm³/mol. The zero-order valence-corrected chi connectivity index (χ0v) is 16.2. The number of hydrogen-bond acceptors (Lipinski definition) is 6. The van der Waals surface area contributed by atoms with Crippen molar-refractivity contribution in [2.75, 3.05) is 24.3 Å². The van der Waals surface area contributed by atoms with Gasteiger partial charge in [0.2, 0.25) is 5.91 Å². The van der Waals surface area contributed by atoms with E-state index in [1.54, 1.807) is 37.3 Å². The molecule has 27 heavy (non-hydrogen) atoms. The highest BCUT2D eigenvalue weighted by molar-refractivity contribution is 7.92. The Morgan fingerprint density at radius 2 is 1.70 bits per heavy atom. The molecule has 0 heterocycles. The number of methoxy groups -OCH3 is 2. The highest BCUT2D eigenvalue weighted by Crippen LogP contribution is 2.29. The molecule has 146 valence electrons. The van der Waals surface area contributed by atoms with Crippen LogP contribution in [0.1, 0.15) is 13.3 Å². The number of nitrogens with one attached hydrogen (secondary N) is 2. The van der Waals surface area contributed by atoms with E-state index in [1.165, 1.54) is 26.4 Å². The second-order valence-electron chi connectivity index (χ2n) is 5.93. The molecule has 8 nitrogen and oxygen atoms in total. The number of benzene rings is 2. The van der Waals surface area contributed by atoms with E-state index in [4.69, 9.17) is 15.2 Å². The molecule has 0 spiro atoms. The number of hydrogen-bond donors (Lipinski definition) is 3. The maximum absolute atomic E-state index is 12.8. The molecule has 0 saturated heterocycles. The summed E-state index contributed by atoms with van der Waals surface area (Å²) < 4.78 is 38.3. The molecule has 2 aromatic carbocycles. The van der Waals surface area contributed by atoms with Crippen LogP contribution in [0.4, 0.5) is 11.4 Å². The van der Waals surface area contributed by atoms with Crippen LogP contribution in [0.3, 0.4) is 0 Å². The van der Waals surface area contributed by atoms with E-state index >= 15 is 0 Å². The molecule has 0 aliphatic carbocycles. The largest absolute Gasteiger partial charge is 0.497 e. The van der Waals surface area contributed by atoms with Gasteiger partial charge in [0, 0.05) is 23.8 Å². The van der Waals surface area contributed by atoms with E-state index < -0.39 is 10.0 Å². The van der Waals surface area contributed by atoms with Crippen LogP contribution in [-0.2, 0) is 14.8 Å². The number of rotatable bonds is 8. The highest BCUT2D eigenvalue weighted by atomic mass is 32.2. The fourth-order valence-corrected chi connectivity index (χ4v) is 3.59. The van der Waals surface area contributed by atoms with Gasteiger partial charge in [0.1, 0.15) is 16.4 Å². The highest BCUT2D eigenvalue weighted by Gasteiger charge is 2.21. The predicted octanol–water partition coefficient (Wildman–Crippen LogP) is 2.18. The first kappa shape index (κ1) is 20.5. The molecular formula is C18H23N3O5S. The smallest absolute Gasteiger partial charge is 0.265 e. The summed E-state index contributed by atoms with van der Waals surface area (Å²) in [5.41, 5.74) is 6.30. The van der Waals surface area contributed by atoms with Gasteiger partial charge in [0.05, 0.1) is 14.2 Å². The third-order valence-corrected chi connectivity index (χ3v) is 4.99. The lowest BCUT2D eigenvalue weighted by Gasteiger charge is -2.14. The second-order valence-corrected chi connectivity index (χ2v) is 7.58. The van der Waals surface area contributed by atoms with Crippen molar-refractivity contribution in [3.63, 3.8) is 0 Å². The first-order chi connectivity index (χ1) is 12.7. The number of carbonyl (C=O) groups excluding carboxylic acids is 1. The molecule has 0 radical (unpaired) electrons. The van der Waals surface area contributed by atoms with Gasteiger partial charge in [0.15, 0.2) is 0 Å². The molecule has 9 heteroatoms. The van der Waals surface area contributed by atoms with E-state index in [0.29, 0.717) is 17.1 Å². The van der Waals surface area contributed by atoms with Gasteiger partial charge in [0.25, 0.3) is 10.0 Å². The minimum absolute atomic E-state index is 0.0978. The average Bonchev–Trinajstić information content (AvgIpc) is 2.61. The van der Waals surface area contributed by atoms with Gasteiger partial charge in [-0.1, -0.05) is 0 Å². The van der Waals surface area contributed by atoms with Crippen LogP contribution < -0.4 is 25.2 Å². The Hall–Kier alpha value is -2.78. The van der Waals surface area contributed by atoms with Crippen LogP contribution in [-0.4, -0.2) is 34.6 Å². The Kier molecular flexibility index (Phi) is 6.65. The van der Waals surface area contributed by atoms with Crippen molar-refractivity contribution in [1.82, 2.24) is 0 Å². The first-order valence-corrected chi connectivity index (χ1v) is 9.64. The number of amides is 1. The Labute approximate surface area is 158 Å². The zero-order valence-electron chi connectivity index (χ0n) is 15.4. The molecule has 0 aliphatic rings. The third-order valence-electron chi connectivity index (χ3n) is 3.59. The molecule has 0 fully saturated rings. The topological polar surface area (TPSA) is 120 Å². The monoisotopic (exact) mass is 393 g/mol. The van der Waals surface area contributed by atoms with Crippen LogP contribution in [0.25, 0.3) is 0 Å². The Balaban J connectivity index is 2.29. The van der Waals surface area contributed by atoms with Gasteiger partial charge < -0.3 is 20.5 Å². The quantitative estimate of drug-likeness (QED) is 0.632. The Morgan fingerprint density at radius 3 is 2.26 bits per heavy atom. The summed E-state index contributed by atoms with van der Waals surface area (Å²) in [6.07, 6.45) is 0.123. The average molecular weight is 393 g/mol. The van der Waals surface area contributed by atoms with Crippen molar-refractivity contribution in [1.29, 1.82) is 0 Å². The first-order valence-electron chi connectivity index (χ1n) is 8.15. The van der Waals surface area contributed by atoms with Crippen molar-refractivity contribution in [3.05, 3.63) is 42.5 Å². The van der Waals surface area contributed by atoms with E-state index in [-0.39, 0.29) is 29.0 Å². The van der Waals surface area contributed by atoms with Crippen molar-refractivity contribution in [2.24, 2.45) is 5.73 Å². The lowest BCUT2D eigenvalue weighted by atomic mass is 10.2. The summed E-state index contributed by atoms with van der Waals surface area (Å²) in [5, 5.41) is 2.63. The summed E-state index contributed by atoms with van der Waals surface area (Å²) >= 11 is 0. The normalized spacial score (nSPS) is 12.1. The molecule has 1 amide bonds. The van der Waals surface area contributed by atoms with Gasteiger partial charge >= 0.3 is 0 Å². The van der Waals surface area contributed by atoms with Gasteiger partial charge in [-0.3, -0.25) is 9.52 Å². The Morgan fingerprint density at radius 1 is 1.07 bits per heavy atom. The van der Waals surface area contributed by atoms with Crippen molar-refractivity contribution < 1.29 is 22.7 Å². The molecule has 0 bridgehead atoms. The van der Waals surface area contributed by atoms with Crippen LogP contribution >= 0.6 is 0 Å². The molecule has 0 aliphatic heterocycles. The fraction of sp³-hybridized carbons (Fsp3) is 0.278. The summed E-state index contributed by atoms with van der Waals surface area (Å²) in [4.78, 5) is 11.8. The molecule has 1 atom stereocenters. The van der Waals surface area contributed by atoms with Crippen molar-refractivity contribution in [3.8, 4) is 11.5 Å². The molecule has 2 rings (SSSR count). The Bertz CT molecular complexity index is 896. The van der Waals surface area contributed by atoms with Crippen LogP contribution in [0, 0.1) is 0 Å². The van der Waals surface area contributed by atoms with E-state index in [9.17, 15) is 13.2 Å². The van der Waals surface area contributed by atoms with E-state index in [0.717, 1.165) is 0 Å². The van der Waals surface area contributed by atoms with Crippen molar-refractivity contribution in [2.45, 2.75) is 24.3 Å². The molecule has 0 saturated carbocycles. The molecular weight excluding hydrogens is 370 g/mol. The van der Waals surface area contributed by atoms with Gasteiger partial charge in [-0.25, -0.2) is 8.42 Å². The number of anilines is 2. The van der Waals surface area contributed by atoms with Crippen LogP contribution in [0.15, 0.2) is 47.4 Å². The summed E-state index contributed by atoms with van der Waals surface area (Å²) in [7, 11) is -1.05. The van der Waals surface area contributed by atoms with E-state index in [1.807, 2.05) is 0 Å². The third kappa shape index (κ3) is 5.60. The summed E-state index contributed by atoms with van der Waals surface area (Å²) in [6.45, 7) is 1.71. The second kappa shape index (κ2) is 8.74. The lowest BCUT2D eigenvalue weighted by molar-refractivity contribution is -0.116. The van der Waals surface area contributed by atoms with Gasteiger partial charge in [-0.2, -0.15) is 0 Å². The van der Waals surface area contributed by atoms with E-state index in [2.05, 4.69) is 10.0 Å². The van der Waals surface area contributed by atoms with Crippen LogP contribution in [0.2, 0.25) is 0 Å². The molecule has 0 aromatic heterocycles. The number of sulfonamides is 1. The summed E-state index contributed by atoms with van der Waals surface area (Å²) in [6, 6.07) is 10.5. The summed E-state index contributed by atoms with van der Waals surface area (Å²) in [5.74, 6) is 0.456. The number of carbonyl (C=O) groups is 1. The lowest BCUT2D eigenvalue weighted by Crippen LogP contribution is -2.24. The van der Waals surface area contributed by atoms with Gasteiger partial charge in [-0.15, -0.1) is 0 Å². The number of nitrogens with two attached hydrogens (primary N) is 1. The van der Waals surface area contributed by atoms with Crippen molar-refractivity contribution >= 4 is 27.3 Å². The molecule has 2 aromatic rings. The SMILES string of the molecule is COc1ccc(NS(=O)(=O)c2cc(NC(=O)CC(C)N)ccc2OC)cc1. The molecule has 4 N–H and O–H groups in total. The standard InChI is InChI=1S/C18H23N3O5S/c1-12(19)10-18(22)20-14-6-9-16(26-3)17(11-14)27(23,24)21-13-4-7-15(25-2)8-5-13/h4-9,11-12,21H,10,19H2,1-3H3,(H,20,22). The maximum Gasteiger partial charge on any atom is 0.265 e.